The van der Waals surface area contributed by atoms with E-state index in [0.717, 1.165) is 36.5 Å². The van der Waals surface area contributed by atoms with Crippen molar-refractivity contribution in [3.8, 4) is 11.8 Å². The number of hydrogen-bond donors (Lipinski definition) is 1. The van der Waals surface area contributed by atoms with Gasteiger partial charge in [-0.2, -0.15) is 27.2 Å². The fraction of sp³-hybridized carbons (Fsp3) is 0.367. The largest absolute Gasteiger partial charge is 0.489 e. The highest BCUT2D eigenvalue weighted by Gasteiger charge is 2.37. The summed E-state index contributed by atoms with van der Waals surface area (Å²) in [7, 11) is -3.47. The smallest absolute Gasteiger partial charge is 0.416 e. The Morgan fingerprint density at radius 2 is 1.83 bits per heavy atom. The maximum atomic E-state index is 15.4. The number of alkyl halides is 5. The lowest BCUT2D eigenvalue weighted by molar-refractivity contribution is -0.137. The van der Waals surface area contributed by atoms with Gasteiger partial charge in [0.15, 0.2) is 21.5 Å². The molecular weight excluding hydrogens is 642 g/mol. The van der Waals surface area contributed by atoms with Gasteiger partial charge in [-0.05, 0) is 48.0 Å². The van der Waals surface area contributed by atoms with Gasteiger partial charge in [-0.3, -0.25) is 4.79 Å². The fourth-order valence-electron chi connectivity index (χ4n) is 4.90. The second-order valence-electron chi connectivity index (χ2n) is 10.3. The molecule has 46 heavy (non-hydrogen) atoms. The molecule has 2 heterocycles. The van der Waals surface area contributed by atoms with Gasteiger partial charge < -0.3 is 19.7 Å². The first kappa shape index (κ1) is 34.5. The van der Waals surface area contributed by atoms with Crippen LogP contribution in [0.3, 0.4) is 0 Å². The van der Waals surface area contributed by atoms with Crippen LogP contribution < -0.4 is 15.0 Å². The van der Waals surface area contributed by atoms with E-state index in [1.807, 2.05) is 6.07 Å². The lowest BCUT2D eigenvalue weighted by atomic mass is 10.0. The van der Waals surface area contributed by atoms with Crippen LogP contribution in [0.15, 0.2) is 65.7 Å². The minimum absolute atomic E-state index is 0.0469. The molecule has 0 spiro atoms. The average Bonchev–Trinajstić information content (AvgIpc) is 3.41. The SMILES string of the molecule is CCS(=O)(=O)c1ccc([C@H](CC#N)NC(=O)c2cnc(N3C[C@H](Oc4ccc(C(F)(F)F)cc4)C[C@H]3COC(F)F)c(F)c2)cc1. The van der Waals surface area contributed by atoms with Crippen LogP contribution in [0.1, 0.15) is 47.3 Å². The molecule has 0 unspecified atom stereocenters. The Bertz CT molecular complexity index is 1660. The second-order valence-corrected chi connectivity index (χ2v) is 12.6. The zero-order valence-electron chi connectivity index (χ0n) is 24.2. The third kappa shape index (κ3) is 8.46. The molecule has 1 saturated heterocycles. The number of ether oxygens (including phenoxy) is 2. The van der Waals surface area contributed by atoms with Crippen LogP contribution in [-0.2, 0) is 20.8 Å². The third-order valence-corrected chi connectivity index (χ3v) is 9.00. The molecule has 1 fully saturated rings. The number of anilines is 1. The predicted molar refractivity (Wildman–Crippen MR) is 152 cm³/mol. The van der Waals surface area contributed by atoms with E-state index in [1.165, 1.54) is 36.1 Å². The Balaban J connectivity index is 1.50. The van der Waals surface area contributed by atoms with Gasteiger partial charge in [0.2, 0.25) is 0 Å². The molecule has 1 amide bonds. The Kier molecular flexibility index (Phi) is 10.8. The zero-order chi connectivity index (χ0) is 33.6. The Hall–Kier alpha value is -4.36. The summed E-state index contributed by atoms with van der Waals surface area (Å²) in [5, 5.41) is 11.9. The van der Waals surface area contributed by atoms with Gasteiger partial charge in [0.05, 0.1) is 59.5 Å². The summed E-state index contributed by atoms with van der Waals surface area (Å²) in [6.45, 7) is -2.24. The quantitative estimate of drug-likeness (QED) is 0.244. The topological polar surface area (TPSA) is 122 Å². The fourth-order valence-corrected chi connectivity index (χ4v) is 5.78. The van der Waals surface area contributed by atoms with E-state index in [2.05, 4.69) is 15.0 Å². The van der Waals surface area contributed by atoms with Gasteiger partial charge in [-0.25, -0.2) is 17.8 Å². The monoisotopic (exact) mass is 670 g/mol. The normalized spacial score (nSPS) is 17.5. The number of aromatic nitrogens is 1. The molecule has 246 valence electrons. The van der Waals surface area contributed by atoms with Crippen LogP contribution in [0.5, 0.6) is 5.75 Å². The minimum atomic E-state index is -4.55. The molecule has 0 radical (unpaired) electrons. The maximum absolute atomic E-state index is 15.4. The summed E-state index contributed by atoms with van der Waals surface area (Å²) in [5.41, 5.74) is -0.662. The number of carbonyl (C=O) groups is 1. The standard InChI is InChI=1S/C30H28F6N4O5S/c1-2-46(42,43)24-9-3-18(4-10-24)26(11-12-37)39-28(41)19-13-25(31)27(38-15-19)40-16-23(14-21(40)17-44-29(32)33)45-22-7-5-20(6-8-22)30(34,35)36/h3-10,13,15,21,23,26,29H,2,11,14,16-17H2,1H3,(H,39,41)/t21-,23+,26-/m0/s1. The molecule has 16 heteroatoms. The maximum Gasteiger partial charge on any atom is 0.416 e. The first-order chi connectivity index (χ1) is 21.7. The summed E-state index contributed by atoms with van der Waals surface area (Å²) in [6.07, 6.45) is -4.37. The predicted octanol–water partition coefficient (Wildman–Crippen LogP) is 5.68. The van der Waals surface area contributed by atoms with E-state index in [0.29, 0.717) is 5.56 Å². The molecule has 3 atom stereocenters. The van der Waals surface area contributed by atoms with Gasteiger partial charge in [0.25, 0.3) is 5.91 Å². The van der Waals surface area contributed by atoms with Crippen molar-refractivity contribution < 1.29 is 49.0 Å². The summed E-state index contributed by atoms with van der Waals surface area (Å²) >= 11 is 0. The number of sulfone groups is 1. The third-order valence-electron chi connectivity index (χ3n) is 7.25. The number of hydrogen-bond acceptors (Lipinski definition) is 8. The summed E-state index contributed by atoms with van der Waals surface area (Å²) in [5.74, 6) is -2.08. The van der Waals surface area contributed by atoms with Crippen LogP contribution >= 0.6 is 0 Å². The van der Waals surface area contributed by atoms with Gasteiger partial charge in [-0.1, -0.05) is 19.1 Å². The number of benzene rings is 2. The summed E-state index contributed by atoms with van der Waals surface area (Å²) < 4.78 is 114. The number of halogens is 6. The van der Waals surface area contributed by atoms with E-state index in [9.17, 15) is 40.4 Å². The minimum Gasteiger partial charge on any atom is -0.489 e. The molecule has 0 aliphatic carbocycles. The van der Waals surface area contributed by atoms with Crippen LogP contribution in [0.4, 0.5) is 32.2 Å². The van der Waals surface area contributed by atoms with E-state index in [-0.39, 0.29) is 47.2 Å². The lowest BCUT2D eigenvalue weighted by Gasteiger charge is -2.25. The molecule has 2 aromatic carbocycles. The van der Waals surface area contributed by atoms with Crippen molar-refractivity contribution in [3.05, 3.63) is 83.3 Å². The number of nitriles is 1. The number of carbonyl (C=O) groups excluding carboxylic acids is 1. The molecule has 9 nitrogen and oxygen atoms in total. The number of amides is 1. The molecule has 1 aliphatic rings. The van der Waals surface area contributed by atoms with Crippen LogP contribution in [-0.4, -0.2) is 57.0 Å². The molecule has 1 aliphatic heterocycles. The molecule has 3 aromatic rings. The van der Waals surface area contributed by atoms with Crippen molar-refractivity contribution in [1.82, 2.24) is 10.3 Å². The molecule has 1 N–H and O–H groups in total. The second kappa shape index (κ2) is 14.4. The highest BCUT2D eigenvalue weighted by Crippen LogP contribution is 2.33. The van der Waals surface area contributed by atoms with Crippen molar-refractivity contribution in [3.63, 3.8) is 0 Å². The van der Waals surface area contributed by atoms with Crippen LogP contribution in [0.2, 0.25) is 0 Å². The number of nitrogens with zero attached hydrogens (tertiary/aromatic N) is 3. The van der Waals surface area contributed by atoms with Gasteiger partial charge in [-0.15, -0.1) is 0 Å². The summed E-state index contributed by atoms with van der Waals surface area (Å²) in [6, 6.07) is 10.6. The number of pyridine rings is 1. The Morgan fingerprint density at radius 1 is 1.15 bits per heavy atom. The van der Waals surface area contributed by atoms with Gasteiger partial charge in [0, 0.05) is 12.6 Å². The summed E-state index contributed by atoms with van der Waals surface area (Å²) in [4.78, 5) is 18.5. The van der Waals surface area contributed by atoms with Crippen molar-refractivity contribution in [2.24, 2.45) is 0 Å². The van der Waals surface area contributed by atoms with Gasteiger partial charge in [0.1, 0.15) is 11.9 Å². The van der Waals surface area contributed by atoms with E-state index < -0.39 is 64.7 Å². The van der Waals surface area contributed by atoms with Crippen molar-refractivity contribution >= 4 is 21.6 Å². The van der Waals surface area contributed by atoms with Crippen molar-refractivity contribution in [2.45, 2.75) is 55.6 Å². The van der Waals surface area contributed by atoms with E-state index in [1.54, 1.807) is 0 Å². The van der Waals surface area contributed by atoms with Crippen LogP contribution in [0.25, 0.3) is 0 Å². The molecule has 0 bridgehead atoms. The number of rotatable bonds is 12. The van der Waals surface area contributed by atoms with Crippen LogP contribution in [0, 0.1) is 17.1 Å². The zero-order valence-corrected chi connectivity index (χ0v) is 25.0. The molecular formula is C30H28F6N4O5S. The number of nitrogens with one attached hydrogen (secondary N) is 1. The highest BCUT2D eigenvalue weighted by molar-refractivity contribution is 7.91. The van der Waals surface area contributed by atoms with Crippen molar-refractivity contribution in [1.29, 1.82) is 5.26 Å². The Labute approximate surface area is 260 Å². The first-order valence-electron chi connectivity index (χ1n) is 13.9. The average molecular weight is 671 g/mol. The first-order valence-corrected chi connectivity index (χ1v) is 15.5. The van der Waals surface area contributed by atoms with Crippen molar-refractivity contribution in [2.75, 3.05) is 23.8 Å². The van der Waals surface area contributed by atoms with Gasteiger partial charge >= 0.3 is 12.8 Å². The van der Waals surface area contributed by atoms with E-state index >= 15 is 4.39 Å². The highest BCUT2D eigenvalue weighted by atomic mass is 32.2. The van der Waals surface area contributed by atoms with E-state index in [4.69, 9.17) is 4.74 Å². The lowest BCUT2D eigenvalue weighted by Crippen LogP contribution is -2.35. The molecule has 1 aromatic heterocycles. The molecule has 4 rings (SSSR count). The Morgan fingerprint density at radius 3 is 2.39 bits per heavy atom. The molecule has 0 saturated carbocycles.